The molecule has 0 spiro atoms. The van der Waals surface area contributed by atoms with Crippen LogP contribution in [0.25, 0.3) is 6.08 Å². The highest BCUT2D eigenvalue weighted by Gasteiger charge is 2.32. The van der Waals surface area contributed by atoms with Gasteiger partial charge in [0.05, 0.1) is 29.3 Å². The number of alkyl halides is 3. The van der Waals surface area contributed by atoms with Crippen LogP contribution in [-0.2, 0) is 22.7 Å². The van der Waals surface area contributed by atoms with Crippen LogP contribution >= 0.6 is 11.6 Å². The van der Waals surface area contributed by atoms with Gasteiger partial charge in [0.1, 0.15) is 0 Å². The van der Waals surface area contributed by atoms with Gasteiger partial charge in [0, 0.05) is 18.1 Å². The standard InChI is InChI=1S/C26H26ClF3N2O3S/c1-31(16-4-5-20-8-12-23(27)13-9-20)19-21-6-2-3-7-25(21)32(17-18-33)36(34,35)24-14-10-22(11-15-24)26(28,29)30/h2-15,33H,16-19H2,1H3/b5-4+. The first-order valence-corrected chi connectivity index (χ1v) is 12.8. The van der Waals surface area contributed by atoms with Crippen molar-refractivity contribution < 1.29 is 26.7 Å². The molecule has 36 heavy (non-hydrogen) atoms. The Morgan fingerprint density at radius 3 is 2.22 bits per heavy atom. The zero-order valence-corrected chi connectivity index (χ0v) is 21.1. The van der Waals surface area contributed by atoms with Crippen molar-refractivity contribution in [1.82, 2.24) is 4.90 Å². The van der Waals surface area contributed by atoms with Crippen molar-refractivity contribution in [3.8, 4) is 0 Å². The van der Waals surface area contributed by atoms with Gasteiger partial charge in [-0.2, -0.15) is 13.2 Å². The van der Waals surface area contributed by atoms with E-state index in [4.69, 9.17) is 11.6 Å². The maximum atomic E-state index is 13.4. The van der Waals surface area contributed by atoms with E-state index < -0.39 is 28.4 Å². The van der Waals surface area contributed by atoms with Gasteiger partial charge in [-0.1, -0.05) is 54.1 Å². The largest absolute Gasteiger partial charge is 0.416 e. The van der Waals surface area contributed by atoms with E-state index in [0.29, 0.717) is 29.4 Å². The van der Waals surface area contributed by atoms with Crippen LogP contribution in [0.3, 0.4) is 0 Å². The highest BCUT2D eigenvalue weighted by atomic mass is 35.5. The molecule has 192 valence electrons. The zero-order chi connectivity index (χ0) is 26.3. The molecule has 0 radical (unpaired) electrons. The number of aliphatic hydroxyl groups is 1. The van der Waals surface area contributed by atoms with E-state index in [1.807, 2.05) is 36.2 Å². The Balaban J connectivity index is 1.82. The van der Waals surface area contributed by atoms with Crippen molar-refractivity contribution in [3.63, 3.8) is 0 Å². The van der Waals surface area contributed by atoms with E-state index in [0.717, 1.165) is 34.1 Å². The summed E-state index contributed by atoms with van der Waals surface area (Å²) in [4.78, 5) is 1.69. The minimum absolute atomic E-state index is 0.249. The fraction of sp³-hybridized carbons (Fsp3) is 0.231. The quantitative estimate of drug-likeness (QED) is 0.360. The lowest BCUT2D eigenvalue weighted by molar-refractivity contribution is -0.137. The molecular weight excluding hydrogens is 513 g/mol. The van der Waals surface area contributed by atoms with Crippen LogP contribution in [0.5, 0.6) is 0 Å². The Labute approximate surface area is 214 Å². The molecule has 0 saturated carbocycles. The Morgan fingerprint density at radius 2 is 1.61 bits per heavy atom. The van der Waals surface area contributed by atoms with Gasteiger partial charge in [0.15, 0.2) is 0 Å². The summed E-state index contributed by atoms with van der Waals surface area (Å²) in [5.41, 5.74) is 1.08. The lowest BCUT2D eigenvalue weighted by Crippen LogP contribution is -2.35. The number of sulfonamides is 1. The second-order valence-corrected chi connectivity index (χ2v) is 10.4. The fourth-order valence-corrected chi connectivity index (χ4v) is 5.21. The van der Waals surface area contributed by atoms with Gasteiger partial charge < -0.3 is 5.11 Å². The summed E-state index contributed by atoms with van der Waals surface area (Å²) in [7, 11) is -2.35. The van der Waals surface area contributed by atoms with Gasteiger partial charge in [0.2, 0.25) is 0 Å². The second kappa shape index (κ2) is 11.9. The first-order valence-electron chi connectivity index (χ1n) is 11.0. The fourth-order valence-electron chi connectivity index (χ4n) is 3.59. The molecule has 0 aliphatic carbocycles. The van der Waals surface area contributed by atoms with Crippen molar-refractivity contribution in [1.29, 1.82) is 0 Å². The van der Waals surface area contributed by atoms with Crippen LogP contribution in [0.1, 0.15) is 16.7 Å². The van der Waals surface area contributed by atoms with Crippen molar-refractivity contribution in [3.05, 3.63) is 101 Å². The van der Waals surface area contributed by atoms with Gasteiger partial charge in [-0.25, -0.2) is 8.42 Å². The minimum atomic E-state index is -4.58. The van der Waals surface area contributed by atoms with E-state index in [9.17, 15) is 26.7 Å². The van der Waals surface area contributed by atoms with Crippen molar-refractivity contribution in [2.24, 2.45) is 0 Å². The molecule has 5 nitrogen and oxygen atoms in total. The number of halogens is 4. The van der Waals surface area contributed by atoms with Crippen molar-refractivity contribution in [2.45, 2.75) is 17.6 Å². The smallest absolute Gasteiger partial charge is 0.394 e. The van der Waals surface area contributed by atoms with E-state index in [2.05, 4.69) is 0 Å². The molecule has 0 bridgehead atoms. The third-order valence-corrected chi connectivity index (χ3v) is 7.45. The number of para-hydroxylation sites is 1. The second-order valence-electron chi connectivity index (χ2n) is 8.10. The molecule has 3 rings (SSSR count). The Morgan fingerprint density at radius 1 is 0.972 bits per heavy atom. The molecule has 0 aliphatic heterocycles. The van der Waals surface area contributed by atoms with Crippen LogP contribution in [0.15, 0.2) is 83.8 Å². The minimum Gasteiger partial charge on any atom is -0.394 e. The lowest BCUT2D eigenvalue weighted by Gasteiger charge is -2.27. The predicted octanol–water partition coefficient (Wildman–Crippen LogP) is 5.69. The third kappa shape index (κ3) is 7.10. The van der Waals surface area contributed by atoms with E-state index in [-0.39, 0.29) is 11.4 Å². The highest BCUT2D eigenvalue weighted by Crippen LogP contribution is 2.32. The van der Waals surface area contributed by atoms with E-state index >= 15 is 0 Å². The SMILES string of the molecule is CN(C/C=C/c1ccc(Cl)cc1)Cc1ccccc1N(CCO)S(=O)(=O)c1ccc(C(F)(F)F)cc1. The number of hydrogen-bond donors (Lipinski definition) is 1. The van der Waals surface area contributed by atoms with Gasteiger partial charge in [-0.15, -0.1) is 0 Å². The van der Waals surface area contributed by atoms with Crippen LogP contribution < -0.4 is 4.31 Å². The average Bonchev–Trinajstić information content (AvgIpc) is 2.84. The number of aliphatic hydroxyl groups excluding tert-OH is 1. The zero-order valence-electron chi connectivity index (χ0n) is 19.5. The molecule has 1 N–H and O–H groups in total. The Bertz CT molecular complexity index is 1280. The molecule has 0 saturated heterocycles. The van der Waals surface area contributed by atoms with Gasteiger partial charge in [-0.05, 0) is 60.6 Å². The molecule has 0 unspecified atom stereocenters. The average molecular weight is 539 g/mol. The molecule has 3 aromatic carbocycles. The van der Waals surface area contributed by atoms with Crippen LogP contribution in [-0.4, -0.2) is 45.2 Å². The summed E-state index contributed by atoms with van der Waals surface area (Å²) in [6.45, 7) is 0.253. The van der Waals surface area contributed by atoms with E-state index in [1.54, 1.807) is 36.4 Å². The number of hydrogen-bond acceptors (Lipinski definition) is 4. The van der Waals surface area contributed by atoms with Gasteiger partial charge in [-0.3, -0.25) is 9.21 Å². The normalized spacial score (nSPS) is 12.4. The number of benzene rings is 3. The maximum Gasteiger partial charge on any atom is 0.416 e. The van der Waals surface area contributed by atoms with Crippen LogP contribution in [0.4, 0.5) is 18.9 Å². The Kier molecular flexibility index (Phi) is 9.19. The molecule has 0 heterocycles. The first-order chi connectivity index (χ1) is 17.0. The number of rotatable bonds is 10. The predicted molar refractivity (Wildman–Crippen MR) is 136 cm³/mol. The van der Waals surface area contributed by atoms with Crippen molar-refractivity contribution >= 4 is 33.4 Å². The van der Waals surface area contributed by atoms with E-state index in [1.165, 1.54) is 0 Å². The summed E-state index contributed by atoms with van der Waals surface area (Å²) >= 11 is 5.91. The monoisotopic (exact) mass is 538 g/mol. The molecule has 0 fully saturated rings. The summed E-state index contributed by atoms with van der Waals surface area (Å²) in [5.74, 6) is 0. The molecule has 0 aliphatic rings. The number of nitrogens with zero attached hydrogens (tertiary/aromatic N) is 2. The topological polar surface area (TPSA) is 60.9 Å². The molecule has 3 aromatic rings. The first kappa shape index (κ1) is 27.7. The summed E-state index contributed by atoms with van der Waals surface area (Å²) in [6.07, 6.45) is -0.658. The molecular formula is C26H26ClF3N2O3S. The summed E-state index contributed by atoms with van der Waals surface area (Å²) in [6, 6.07) is 17.6. The summed E-state index contributed by atoms with van der Waals surface area (Å²) < 4.78 is 66.6. The highest BCUT2D eigenvalue weighted by molar-refractivity contribution is 7.92. The molecule has 10 heteroatoms. The lowest BCUT2D eigenvalue weighted by atomic mass is 10.1. The van der Waals surface area contributed by atoms with Crippen LogP contribution in [0.2, 0.25) is 5.02 Å². The van der Waals surface area contributed by atoms with Crippen LogP contribution in [0, 0.1) is 0 Å². The Hall–Kier alpha value is -2.85. The third-order valence-electron chi connectivity index (χ3n) is 5.37. The molecule has 0 amide bonds. The van der Waals surface area contributed by atoms with Crippen molar-refractivity contribution in [2.75, 3.05) is 31.0 Å². The molecule has 0 atom stereocenters. The number of likely N-dealkylation sites (N-methyl/N-ethyl adjacent to an activating group) is 1. The van der Waals surface area contributed by atoms with Gasteiger partial charge in [0.25, 0.3) is 10.0 Å². The molecule has 0 aromatic heterocycles. The maximum absolute atomic E-state index is 13.4. The number of anilines is 1. The van der Waals surface area contributed by atoms with Gasteiger partial charge >= 0.3 is 6.18 Å². The summed E-state index contributed by atoms with van der Waals surface area (Å²) in [5, 5.41) is 10.2.